The number of benzene rings is 1. The molecule has 0 aliphatic heterocycles. The molecule has 1 unspecified atom stereocenters. The Labute approximate surface area is 120 Å². The van der Waals surface area contributed by atoms with Gasteiger partial charge in [0.2, 0.25) is 0 Å². The van der Waals surface area contributed by atoms with Crippen LogP contribution in [0.5, 0.6) is 0 Å². The minimum Gasteiger partial charge on any atom is -0.479 e. The second-order valence-electron chi connectivity index (χ2n) is 5.65. The molecule has 116 valence electrons. The van der Waals surface area contributed by atoms with Gasteiger partial charge in [0.15, 0.2) is 5.54 Å². The molecular weight excluding hydrogens is 284 g/mol. The number of alkyl carbamates (subject to hydrolysis) is 1. The summed E-state index contributed by atoms with van der Waals surface area (Å²) in [6.45, 7) is 5.72. The van der Waals surface area contributed by atoms with E-state index in [0.29, 0.717) is 0 Å². The fraction of sp³-hybridized carbons (Fsp3) is 0.429. The first-order chi connectivity index (χ1) is 9.47. The molecule has 1 aromatic rings. The standard InChI is InChI=1S/C14H17F2NO4/c1-13(2,3)21-12(20)17-14(4,11(18)19)10-8(15)6-5-7-9(10)16/h5-7H,1-4H3,(H,17,20)(H,18,19). The van der Waals surface area contributed by atoms with Crippen molar-refractivity contribution in [2.45, 2.75) is 38.8 Å². The lowest BCUT2D eigenvalue weighted by molar-refractivity contribution is -0.144. The quantitative estimate of drug-likeness (QED) is 0.900. The molecule has 0 bridgehead atoms. The maximum absolute atomic E-state index is 13.8. The van der Waals surface area contributed by atoms with Crippen molar-refractivity contribution in [1.29, 1.82) is 0 Å². The van der Waals surface area contributed by atoms with E-state index in [-0.39, 0.29) is 0 Å². The summed E-state index contributed by atoms with van der Waals surface area (Å²) >= 11 is 0. The maximum atomic E-state index is 13.8. The second kappa shape index (κ2) is 5.67. The van der Waals surface area contributed by atoms with Crippen molar-refractivity contribution in [3.8, 4) is 0 Å². The predicted octanol–water partition coefficient (Wildman–Crippen LogP) is 2.79. The fourth-order valence-electron chi connectivity index (χ4n) is 1.71. The molecule has 0 fully saturated rings. The SMILES string of the molecule is CC(C)(C)OC(=O)NC(C)(C(=O)O)c1c(F)cccc1F. The van der Waals surface area contributed by atoms with E-state index in [4.69, 9.17) is 4.74 Å². The number of rotatable bonds is 3. The van der Waals surface area contributed by atoms with Crippen LogP contribution in [0.1, 0.15) is 33.3 Å². The van der Waals surface area contributed by atoms with Gasteiger partial charge in [0.05, 0.1) is 5.56 Å². The van der Waals surface area contributed by atoms with Gasteiger partial charge in [0, 0.05) is 0 Å². The van der Waals surface area contributed by atoms with Gasteiger partial charge in [-0.3, -0.25) is 0 Å². The summed E-state index contributed by atoms with van der Waals surface area (Å²) in [5, 5.41) is 11.3. The summed E-state index contributed by atoms with van der Waals surface area (Å²) in [5.41, 5.74) is -3.93. The van der Waals surface area contributed by atoms with E-state index in [9.17, 15) is 23.5 Å². The van der Waals surface area contributed by atoms with Crippen LogP contribution in [0.2, 0.25) is 0 Å². The highest BCUT2D eigenvalue weighted by Crippen LogP contribution is 2.27. The fourth-order valence-corrected chi connectivity index (χ4v) is 1.71. The molecule has 0 heterocycles. The van der Waals surface area contributed by atoms with E-state index in [1.165, 1.54) is 0 Å². The van der Waals surface area contributed by atoms with Crippen molar-refractivity contribution < 1.29 is 28.2 Å². The molecule has 21 heavy (non-hydrogen) atoms. The van der Waals surface area contributed by atoms with Crippen LogP contribution < -0.4 is 5.32 Å². The monoisotopic (exact) mass is 301 g/mol. The van der Waals surface area contributed by atoms with E-state index in [1.54, 1.807) is 20.8 Å². The Morgan fingerprint density at radius 1 is 1.14 bits per heavy atom. The van der Waals surface area contributed by atoms with Crippen LogP contribution in [-0.2, 0) is 15.1 Å². The average molecular weight is 301 g/mol. The summed E-state index contributed by atoms with van der Waals surface area (Å²) < 4.78 is 32.5. The van der Waals surface area contributed by atoms with Crippen LogP contribution in [0.15, 0.2) is 18.2 Å². The lowest BCUT2D eigenvalue weighted by atomic mass is 9.91. The smallest absolute Gasteiger partial charge is 0.408 e. The van der Waals surface area contributed by atoms with Crippen molar-refractivity contribution in [2.24, 2.45) is 0 Å². The van der Waals surface area contributed by atoms with Crippen LogP contribution in [0.4, 0.5) is 13.6 Å². The number of carboxylic acids is 1. The number of halogens is 2. The molecule has 0 radical (unpaired) electrons. The Morgan fingerprint density at radius 3 is 2.00 bits per heavy atom. The predicted molar refractivity (Wildman–Crippen MR) is 70.7 cm³/mol. The molecule has 0 aromatic heterocycles. The van der Waals surface area contributed by atoms with Gasteiger partial charge in [-0.25, -0.2) is 18.4 Å². The number of hydrogen-bond acceptors (Lipinski definition) is 3. The topological polar surface area (TPSA) is 75.6 Å². The van der Waals surface area contributed by atoms with Crippen molar-refractivity contribution in [3.63, 3.8) is 0 Å². The van der Waals surface area contributed by atoms with Crippen molar-refractivity contribution in [3.05, 3.63) is 35.4 Å². The molecule has 1 amide bonds. The third kappa shape index (κ3) is 3.90. The summed E-state index contributed by atoms with van der Waals surface area (Å²) in [6, 6.07) is 2.93. The Hall–Kier alpha value is -2.18. The second-order valence-corrected chi connectivity index (χ2v) is 5.65. The van der Waals surface area contributed by atoms with Crippen LogP contribution >= 0.6 is 0 Å². The van der Waals surface area contributed by atoms with Crippen molar-refractivity contribution in [1.82, 2.24) is 5.32 Å². The van der Waals surface area contributed by atoms with E-state index < -0.39 is 40.4 Å². The Balaban J connectivity index is 3.22. The first kappa shape index (κ1) is 16.9. The summed E-state index contributed by atoms with van der Waals surface area (Å²) in [7, 11) is 0. The molecule has 0 saturated heterocycles. The molecule has 1 rings (SSSR count). The summed E-state index contributed by atoms with van der Waals surface area (Å²) in [4.78, 5) is 23.2. The maximum Gasteiger partial charge on any atom is 0.408 e. The number of carboxylic acid groups (broad SMARTS) is 1. The zero-order valence-corrected chi connectivity index (χ0v) is 12.2. The third-order valence-corrected chi connectivity index (χ3v) is 2.64. The number of nitrogens with one attached hydrogen (secondary N) is 1. The van der Waals surface area contributed by atoms with Crippen molar-refractivity contribution >= 4 is 12.1 Å². The van der Waals surface area contributed by atoms with Crippen LogP contribution in [0.3, 0.4) is 0 Å². The zero-order valence-electron chi connectivity index (χ0n) is 12.2. The first-order valence-electron chi connectivity index (χ1n) is 6.16. The molecule has 0 aliphatic carbocycles. The van der Waals surface area contributed by atoms with Gasteiger partial charge in [-0.2, -0.15) is 0 Å². The van der Waals surface area contributed by atoms with E-state index in [0.717, 1.165) is 25.1 Å². The number of amides is 1. The van der Waals surface area contributed by atoms with Gasteiger partial charge in [-0.1, -0.05) is 6.07 Å². The minimum absolute atomic E-state index is 0.761. The lowest BCUT2D eigenvalue weighted by Gasteiger charge is -2.29. The van der Waals surface area contributed by atoms with Gasteiger partial charge < -0.3 is 15.2 Å². The highest BCUT2D eigenvalue weighted by Gasteiger charge is 2.42. The van der Waals surface area contributed by atoms with Crippen LogP contribution in [-0.4, -0.2) is 22.8 Å². The van der Waals surface area contributed by atoms with Crippen LogP contribution in [0, 0.1) is 11.6 Å². The molecule has 1 atom stereocenters. The van der Waals surface area contributed by atoms with Crippen molar-refractivity contribution in [2.75, 3.05) is 0 Å². The lowest BCUT2D eigenvalue weighted by Crippen LogP contribution is -2.52. The molecular formula is C14H17F2NO4. The van der Waals surface area contributed by atoms with Gasteiger partial charge in [-0.15, -0.1) is 0 Å². The highest BCUT2D eigenvalue weighted by molar-refractivity contribution is 5.85. The van der Waals surface area contributed by atoms with E-state index in [1.807, 2.05) is 5.32 Å². The first-order valence-corrected chi connectivity index (χ1v) is 6.16. The van der Waals surface area contributed by atoms with Gasteiger partial charge in [0.25, 0.3) is 0 Å². The number of aliphatic carboxylic acids is 1. The number of carbonyl (C=O) groups is 2. The summed E-state index contributed by atoms with van der Waals surface area (Å²) in [6.07, 6.45) is -1.09. The molecule has 0 saturated carbocycles. The molecule has 5 nitrogen and oxygen atoms in total. The Kier molecular flexibility index (Phi) is 4.56. The Morgan fingerprint density at radius 2 is 1.62 bits per heavy atom. The number of hydrogen-bond donors (Lipinski definition) is 2. The molecule has 7 heteroatoms. The molecule has 0 aliphatic rings. The highest BCUT2D eigenvalue weighted by atomic mass is 19.1. The molecule has 0 spiro atoms. The molecule has 2 N–H and O–H groups in total. The summed E-state index contributed by atoms with van der Waals surface area (Å²) in [5.74, 6) is -3.76. The minimum atomic E-state index is -2.29. The van der Waals surface area contributed by atoms with Gasteiger partial charge in [-0.05, 0) is 39.8 Å². The third-order valence-electron chi connectivity index (χ3n) is 2.64. The largest absolute Gasteiger partial charge is 0.479 e. The Bertz CT molecular complexity index is 548. The normalized spacial score (nSPS) is 14.2. The van der Waals surface area contributed by atoms with E-state index in [2.05, 4.69) is 0 Å². The van der Waals surface area contributed by atoms with Crippen LogP contribution in [0.25, 0.3) is 0 Å². The van der Waals surface area contributed by atoms with Gasteiger partial charge >= 0.3 is 12.1 Å². The average Bonchev–Trinajstić information content (AvgIpc) is 2.25. The van der Waals surface area contributed by atoms with E-state index >= 15 is 0 Å². The van der Waals surface area contributed by atoms with Gasteiger partial charge in [0.1, 0.15) is 17.2 Å². The zero-order chi connectivity index (χ0) is 16.4. The number of carbonyl (C=O) groups excluding carboxylic acids is 1. The number of ether oxygens (including phenoxy) is 1. The molecule has 1 aromatic carbocycles.